The van der Waals surface area contributed by atoms with Crippen molar-refractivity contribution in [3.05, 3.63) is 206 Å². The molecule has 0 bridgehead atoms. The Morgan fingerprint density at radius 2 is 0.879 bits per heavy atom. The second-order valence-corrected chi connectivity index (χ2v) is 14.8. The highest BCUT2D eigenvalue weighted by atomic mass is 16.3. The summed E-state index contributed by atoms with van der Waals surface area (Å²) in [4.78, 5) is 2.41. The molecule has 0 aliphatic heterocycles. The van der Waals surface area contributed by atoms with Crippen LogP contribution in [0.15, 0.2) is 215 Å². The van der Waals surface area contributed by atoms with Gasteiger partial charge in [0.25, 0.3) is 0 Å². The molecule has 58 heavy (non-hydrogen) atoms. The molecule has 3 aromatic heterocycles. The molecule has 0 aliphatic rings. The largest absolute Gasteiger partial charge is 0.455 e. The first-order valence-corrected chi connectivity index (χ1v) is 19.7. The minimum absolute atomic E-state index is 0.817. The summed E-state index contributed by atoms with van der Waals surface area (Å²) in [6.07, 6.45) is 0. The van der Waals surface area contributed by atoms with Gasteiger partial charge in [-0.05, 0) is 65.7 Å². The van der Waals surface area contributed by atoms with E-state index in [-0.39, 0.29) is 0 Å². The number of furan rings is 2. The molecule has 0 atom stereocenters. The number of rotatable bonds is 6. The van der Waals surface area contributed by atoms with Crippen LogP contribution in [0.5, 0.6) is 0 Å². The Labute approximate surface area is 334 Å². The fourth-order valence-corrected chi connectivity index (χ4v) is 9.10. The third-order valence-corrected chi connectivity index (χ3v) is 11.6. The number of nitrogens with zero attached hydrogens (tertiary/aromatic N) is 2. The summed E-state index contributed by atoms with van der Waals surface area (Å²) < 4.78 is 16.4. The zero-order valence-electron chi connectivity index (χ0n) is 31.3. The van der Waals surface area contributed by atoms with E-state index in [1.165, 1.54) is 5.39 Å². The van der Waals surface area contributed by atoms with E-state index in [1.54, 1.807) is 0 Å². The molecule has 0 saturated heterocycles. The van der Waals surface area contributed by atoms with Crippen molar-refractivity contribution in [1.82, 2.24) is 4.57 Å². The zero-order valence-corrected chi connectivity index (χ0v) is 31.3. The predicted octanol–water partition coefficient (Wildman–Crippen LogP) is 15.4. The Morgan fingerprint density at radius 1 is 0.328 bits per heavy atom. The molecular weight excluding hydrogens is 709 g/mol. The van der Waals surface area contributed by atoms with Crippen LogP contribution in [0, 0.1) is 0 Å². The Kier molecular flexibility index (Phi) is 7.20. The molecule has 4 heteroatoms. The van der Waals surface area contributed by atoms with Crippen molar-refractivity contribution in [1.29, 1.82) is 0 Å². The average Bonchev–Trinajstić information content (AvgIpc) is 3.98. The minimum Gasteiger partial charge on any atom is -0.455 e. The van der Waals surface area contributed by atoms with Crippen LogP contribution in [-0.2, 0) is 0 Å². The molecule has 12 aromatic rings. The number of hydrogen-bond acceptors (Lipinski definition) is 3. The lowest BCUT2D eigenvalue weighted by Crippen LogP contribution is -2.11. The second-order valence-electron chi connectivity index (χ2n) is 14.8. The average molecular weight is 743 g/mol. The lowest BCUT2D eigenvalue weighted by atomic mass is 9.99. The molecule has 0 N–H and O–H groups in total. The van der Waals surface area contributed by atoms with Gasteiger partial charge >= 0.3 is 0 Å². The summed E-state index contributed by atoms with van der Waals surface area (Å²) in [5.41, 5.74) is 14.1. The Balaban J connectivity index is 1.23. The van der Waals surface area contributed by atoms with Gasteiger partial charge in [0.15, 0.2) is 5.58 Å². The fourth-order valence-electron chi connectivity index (χ4n) is 9.10. The molecule has 0 unspecified atom stereocenters. The SMILES string of the molecule is c1ccc(-c2cccc3c2oc2c(N(c4ccc(-c5ccccc5)c5oc6ccccc6c45)c4cccc5c4c4ccccc4n5-c4ccccc4)cccc23)cc1. The second kappa shape index (κ2) is 12.9. The Morgan fingerprint density at radius 3 is 1.66 bits per heavy atom. The van der Waals surface area contributed by atoms with Gasteiger partial charge in [0.2, 0.25) is 0 Å². The smallest absolute Gasteiger partial charge is 0.159 e. The molecule has 0 fully saturated rings. The standard InChI is InChI=1S/C54H34N2O2/c1-4-17-35(18-5-1)38-25-14-26-40-41-27-15-31-48(53(41)58-52(38)40)56(46-30-16-29-45-50(46)42-23-10-12-28-44(42)55(45)37-21-8-3-9-22-37)47-34-33-39(36-19-6-2-7-20-36)54-51(47)43-24-11-13-32-49(43)57-54/h1-34H. The van der Waals surface area contributed by atoms with Crippen LogP contribution in [0.4, 0.5) is 17.1 Å². The van der Waals surface area contributed by atoms with Gasteiger partial charge in [0.05, 0.1) is 33.5 Å². The van der Waals surface area contributed by atoms with Crippen LogP contribution >= 0.6 is 0 Å². The molecule has 0 aliphatic carbocycles. The van der Waals surface area contributed by atoms with E-state index >= 15 is 0 Å². The highest BCUT2D eigenvalue weighted by Crippen LogP contribution is 2.51. The van der Waals surface area contributed by atoms with Gasteiger partial charge in [0.1, 0.15) is 16.7 Å². The zero-order chi connectivity index (χ0) is 38.2. The fraction of sp³-hybridized carbons (Fsp3) is 0. The number of anilines is 3. The van der Waals surface area contributed by atoms with E-state index < -0.39 is 0 Å². The summed E-state index contributed by atoms with van der Waals surface area (Å²) in [7, 11) is 0. The third kappa shape index (κ3) is 4.82. The summed E-state index contributed by atoms with van der Waals surface area (Å²) in [6, 6.07) is 72.9. The van der Waals surface area contributed by atoms with Gasteiger partial charge in [-0.15, -0.1) is 0 Å². The summed E-state index contributed by atoms with van der Waals surface area (Å²) in [6.45, 7) is 0. The van der Waals surface area contributed by atoms with E-state index in [4.69, 9.17) is 8.83 Å². The van der Waals surface area contributed by atoms with Gasteiger partial charge < -0.3 is 18.3 Å². The quantitative estimate of drug-likeness (QED) is 0.170. The number of aromatic nitrogens is 1. The number of fused-ring (bicyclic) bond motifs is 9. The van der Waals surface area contributed by atoms with Crippen molar-refractivity contribution in [2.45, 2.75) is 0 Å². The number of hydrogen-bond donors (Lipinski definition) is 0. The first kappa shape index (κ1) is 32.4. The van der Waals surface area contributed by atoms with Crippen LogP contribution in [-0.4, -0.2) is 4.57 Å². The van der Waals surface area contributed by atoms with Crippen molar-refractivity contribution >= 4 is 82.7 Å². The van der Waals surface area contributed by atoms with Crippen molar-refractivity contribution in [2.75, 3.05) is 4.90 Å². The van der Waals surface area contributed by atoms with Crippen LogP contribution < -0.4 is 4.90 Å². The highest BCUT2D eigenvalue weighted by Gasteiger charge is 2.28. The normalized spacial score (nSPS) is 11.8. The monoisotopic (exact) mass is 742 g/mol. The van der Waals surface area contributed by atoms with E-state index in [0.717, 1.165) is 105 Å². The Bertz CT molecular complexity index is 3490. The molecule has 0 saturated carbocycles. The van der Waals surface area contributed by atoms with Crippen LogP contribution in [0.25, 0.3) is 93.6 Å². The maximum Gasteiger partial charge on any atom is 0.159 e. The van der Waals surface area contributed by atoms with Gasteiger partial charge in [-0.1, -0.05) is 152 Å². The predicted molar refractivity (Wildman–Crippen MR) is 241 cm³/mol. The molecule has 3 heterocycles. The maximum atomic E-state index is 7.17. The summed E-state index contributed by atoms with van der Waals surface area (Å²) >= 11 is 0. The van der Waals surface area contributed by atoms with Gasteiger partial charge in [-0.3, -0.25) is 0 Å². The molecule has 0 amide bonds. The number of benzene rings is 9. The summed E-state index contributed by atoms with van der Waals surface area (Å²) in [5, 5.41) is 6.54. The van der Waals surface area contributed by atoms with Crippen molar-refractivity contribution in [2.24, 2.45) is 0 Å². The topological polar surface area (TPSA) is 34.5 Å². The molecular formula is C54H34N2O2. The molecule has 0 spiro atoms. The van der Waals surface area contributed by atoms with E-state index in [0.29, 0.717) is 0 Å². The van der Waals surface area contributed by atoms with Crippen LogP contribution in [0.2, 0.25) is 0 Å². The van der Waals surface area contributed by atoms with E-state index in [9.17, 15) is 0 Å². The first-order chi connectivity index (χ1) is 28.8. The van der Waals surface area contributed by atoms with E-state index in [1.807, 2.05) is 6.07 Å². The summed E-state index contributed by atoms with van der Waals surface area (Å²) in [5.74, 6) is 0. The van der Waals surface area contributed by atoms with E-state index in [2.05, 4.69) is 210 Å². The molecule has 0 radical (unpaired) electrons. The maximum absolute atomic E-state index is 7.17. The van der Waals surface area contributed by atoms with Crippen LogP contribution in [0.1, 0.15) is 0 Å². The lowest BCUT2D eigenvalue weighted by molar-refractivity contribution is 0.669. The van der Waals surface area contributed by atoms with Gasteiger partial charge in [0, 0.05) is 43.7 Å². The molecule has 12 rings (SSSR count). The van der Waals surface area contributed by atoms with Crippen molar-refractivity contribution in [3.8, 4) is 27.9 Å². The lowest BCUT2D eigenvalue weighted by Gasteiger charge is -2.27. The third-order valence-electron chi connectivity index (χ3n) is 11.6. The molecule has 4 nitrogen and oxygen atoms in total. The number of para-hydroxylation sites is 5. The van der Waals surface area contributed by atoms with Crippen molar-refractivity contribution in [3.63, 3.8) is 0 Å². The Hall–Kier alpha value is -7.82. The molecule has 272 valence electrons. The highest BCUT2D eigenvalue weighted by molar-refractivity contribution is 6.23. The first-order valence-electron chi connectivity index (χ1n) is 19.7. The van der Waals surface area contributed by atoms with Crippen molar-refractivity contribution < 1.29 is 8.83 Å². The van der Waals surface area contributed by atoms with Gasteiger partial charge in [-0.25, -0.2) is 0 Å². The van der Waals surface area contributed by atoms with Gasteiger partial charge in [-0.2, -0.15) is 0 Å². The van der Waals surface area contributed by atoms with Crippen LogP contribution in [0.3, 0.4) is 0 Å². The molecule has 9 aromatic carbocycles. The minimum atomic E-state index is 0.817.